The molecule has 0 unspecified atom stereocenters. The van der Waals surface area contributed by atoms with Gasteiger partial charge in [0.25, 0.3) is 5.91 Å². The molecule has 1 saturated heterocycles. The summed E-state index contributed by atoms with van der Waals surface area (Å²) in [6.45, 7) is 1.93. The van der Waals surface area contributed by atoms with Gasteiger partial charge in [-0.3, -0.25) is 4.79 Å². The molecule has 1 N–H and O–H groups in total. The van der Waals surface area contributed by atoms with Gasteiger partial charge in [-0.2, -0.15) is 4.31 Å². The number of rotatable bonds is 5. The maximum absolute atomic E-state index is 13.0. The second kappa shape index (κ2) is 8.71. The van der Waals surface area contributed by atoms with Gasteiger partial charge in [-0.05, 0) is 64.0 Å². The fraction of sp³-hybridized carbons (Fsp3) is 0.650. The number of nitrogens with one attached hydrogen (secondary N) is 1. The van der Waals surface area contributed by atoms with Crippen molar-refractivity contribution in [1.29, 1.82) is 0 Å². The molecule has 1 aliphatic heterocycles. The van der Waals surface area contributed by atoms with E-state index < -0.39 is 10.0 Å². The molecule has 1 amide bonds. The number of amides is 1. The second-order valence-electron chi connectivity index (χ2n) is 7.89. The predicted octanol–water partition coefficient (Wildman–Crippen LogP) is 2.46. The van der Waals surface area contributed by atoms with E-state index in [2.05, 4.69) is 17.3 Å². The van der Waals surface area contributed by atoms with Crippen LogP contribution in [0.15, 0.2) is 29.2 Å². The quantitative estimate of drug-likeness (QED) is 0.834. The lowest BCUT2D eigenvalue weighted by Gasteiger charge is -2.30. The van der Waals surface area contributed by atoms with Crippen LogP contribution in [0.2, 0.25) is 0 Å². The highest BCUT2D eigenvalue weighted by Crippen LogP contribution is 2.26. The smallest absolute Gasteiger partial charge is 0.251 e. The van der Waals surface area contributed by atoms with E-state index in [0.29, 0.717) is 5.56 Å². The van der Waals surface area contributed by atoms with Crippen molar-refractivity contribution in [2.24, 2.45) is 0 Å². The maximum Gasteiger partial charge on any atom is 0.251 e. The third kappa shape index (κ3) is 4.89. The van der Waals surface area contributed by atoms with Gasteiger partial charge in [-0.1, -0.05) is 25.3 Å². The summed E-state index contributed by atoms with van der Waals surface area (Å²) in [4.78, 5) is 15.1. The third-order valence-electron chi connectivity index (χ3n) is 5.92. The Balaban J connectivity index is 1.71. The van der Waals surface area contributed by atoms with Crippen molar-refractivity contribution in [3.05, 3.63) is 29.8 Å². The van der Waals surface area contributed by atoms with Crippen LogP contribution in [-0.4, -0.2) is 62.8 Å². The number of carbonyl (C=O) groups excluding carboxylic acids is 1. The van der Waals surface area contributed by atoms with Crippen molar-refractivity contribution in [1.82, 2.24) is 14.5 Å². The van der Waals surface area contributed by atoms with E-state index >= 15 is 0 Å². The molecule has 6 nitrogen and oxygen atoms in total. The zero-order valence-corrected chi connectivity index (χ0v) is 17.2. The monoisotopic (exact) mass is 393 g/mol. The SMILES string of the molecule is CN1CCC(NC(=O)c2cccc(S(=O)(=O)N(C)C3CCCCC3)c2)CC1. The first-order chi connectivity index (χ1) is 12.9. The zero-order valence-electron chi connectivity index (χ0n) is 16.4. The molecular formula is C20H31N3O3S. The molecule has 150 valence electrons. The van der Waals surface area contributed by atoms with Gasteiger partial charge in [0.05, 0.1) is 4.90 Å². The van der Waals surface area contributed by atoms with Crippen molar-refractivity contribution in [3.8, 4) is 0 Å². The number of hydrogen-bond donors (Lipinski definition) is 1. The van der Waals surface area contributed by atoms with Crippen molar-refractivity contribution in [2.75, 3.05) is 27.2 Å². The number of carbonyl (C=O) groups is 1. The standard InChI is InChI=1S/C20H31N3O3S/c1-22-13-11-17(12-14-22)21-20(24)16-7-6-10-19(15-16)27(25,26)23(2)18-8-4-3-5-9-18/h6-7,10,15,17-18H,3-5,8-9,11-14H2,1-2H3,(H,21,24). The van der Waals surface area contributed by atoms with Crippen LogP contribution in [0.5, 0.6) is 0 Å². The van der Waals surface area contributed by atoms with E-state index in [-0.39, 0.29) is 22.9 Å². The van der Waals surface area contributed by atoms with E-state index in [1.54, 1.807) is 25.2 Å². The minimum absolute atomic E-state index is 0.0560. The third-order valence-corrected chi connectivity index (χ3v) is 7.82. The van der Waals surface area contributed by atoms with Gasteiger partial charge >= 0.3 is 0 Å². The summed E-state index contributed by atoms with van der Waals surface area (Å²) in [6.07, 6.45) is 6.98. The molecule has 3 rings (SSSR count). The molecule has 7 heteroatoms. The fourth-order valence-corrected chi connectivity index (χ4v) is 5.49. The van der Waals surface area contributed by atoms with Crippen molar-refractivity contribution < 1.29 is 13.2 Å². The first-order valence-corrected chi connectivity index (χ1v) is 11.4. The molecule has 0 aromatic heterocycles. The molecule has 2 aliphatic rings. The Hall–Kier alpha value is -1.44. The minimum Gasteiger partial charge on any atom is -0.349 e. The Morgan fingerprint density at radius 1 is 1.11 bits per heavy atom. The highest BCUT2D eigenvalue weighted by molar-refractivity contribution is 7.89. The zero-order chi connectivity index (χ0) is 19.4. The summed E-state index contributed by atoms with van der Waals surface area (Å²) >= 11 is 0. The lowest BCUT2D eigenvalue weighted by Crippen LogP contribution is -2.43. The number of sulfonamides is 1. The summed E-state index contributed by atoms with van der Waals surface area (Å²) in [6, 6.07) is 6.65. The Labute approximate surface area is 163 Å². The minimum atomic E-state index is -3.59. The first-order valence-electron chi connectivity index (χ1n) is 9.95. The Bertz CT molecular complexity index is 751. The van der Waals surface area contributed by atoms with Crippen LogP contribution in [0, 0.1) is 0 Å². The van der Waals surface area contributed by atoms with Gasteiger partial charge < -0.3 is 10.2 Å². The molecule has 0 bridgehead atoms. The molecular weight excluding hydrogens is 362 g/mol. The van der Waals surface area contributed by atoms with Crippen LogP contribution >= 0.6 is 0 Å². The molecule has 1 heterocycles. The van der Waals surface area contributed by atoms with Crippen LogP contribution in [0.4, 0.5) is 0 Å². The molecule has 1 aromatic rings. The van der Waals surface area contributed by atoms with Crippen LogP contribution in [0.25, 0.3) is 0 Å². The first kappa shape index (κ1) is 20.3. The number of piperidine rings is 1. The van der Waals surface area contributed by atoms with E-state index in [9.17, 15) is 13.2 Å². The van der Waals surface area contributed by atoms with E-state index in [1.165, 1.54) is 16.8 Å². The van der Waals surface area contributed by atoms with E-state index in [4.69, 9.17) is 0 Å². The average Bonchev–Trinajstić information content (AvgIpc) is 2.70. The van der Waals surface area contributed by atoms with Gasteiger partial charge in [0, 0.05) is 24.7 Å². The van der Waals surface area contributed by atoms with Crippen molar-refractivity contribution >= 4 is 15.9 Å². The molecule has 0 spiro atoms. The van der Waals surface area contributed by atoms with Crippen LogP contribution < -0.4 is 5.32 Å². The average molecular weight is 394 g/mol. The number of hydrogen-bond acceptors (Lipinski definition) is 4. The summed E-state index contributed by atoms with van der Waals surface area (Å²) in [5, 5.41) is 3.05. The Morgan fingerprint density at radius 3 is 2.44 bits per heavy atom. The molecule has 1 aliphatic carbocycles. The normalized spacial score (nSPS) is 20.7. The number of benzene rings is 1. The Morgan fingerprint density at radius 2 is 1.78 bits per heavy atom. The summed E-state index contributed by atoms with van der Waals surface area (Å²) in [5.41, 5.74) is 0.409. The highest BCUT2D eigenvalue weighted by atomic mass is 32.2. The van der Waals surface area contributed by atoms with Gasteiger partial charge in [0.2, 0.25) is 10.0 Å². The summed E-state index contributed by atoms with van der Waals surface area (Å²) in [5.74, 6) is -0.193. The van der Waals surface area contributed by atoms with Crippen LogP contribution in [-0.2, 0) is 10.0 Å². The number of nitrogens with zero attached hydrogens (tertiary/aromatic N) is 2. The number of likely N-dealkylation sites (tertiary alicyclic amines) is 1. The molecule has 0 radical (unpaired) electrons. The summed E-state index contributed by atoms with van der Waals surface area (Å²) in [7, 11) is 0.154. The van der Waals surface area contributed by atoms with E-state index in [1.807, 2.05) is 0 Å². The van der Waals surface area contributed by atoms with Gasteiger partial charge in [-0.25, -0.2) is 8.42 Å². The largest absolute Gasteiger partial charge is 0.349 e. The van der Waals surface area contributed by atoms with Gasteiger partial charge in [0.1, 0.15) is 0 Å². The Kier molecular flexibility index (Phi) is 6.55. The lowest BCUT2D eigenvalue weighted by atomic mass is 9.96. The second-order valence-corrected chi connectivity index (χ2v) is 9.89. The summed E-state index contributed by atoms with van der Waals surface area (Å²) < 4.78 is 27.5. The van der Waals surface area contributed by atoms with Gasteiger partial charge in [0.15, 0.2) is 0 Å². The predicted molar refractivity (Wildman–Crippen MR) is 106 cm³/mol. The van der Waals surface area contributed by atoms with Crippen LogP contribution in [0.1, 0.15) is 55.3 Å². The van der Waals surface area contributed by atoms with Gasteiger partial charge in [-0.15, -0.1) is 0 Å². The molecule has 0 atom stereocenters. The topological polar surface area (TPSA) is 69.7 Å². The highest BCUT2D eigenvalue weighted by Gasteiger charge is 2.29. The van der Waals surface area contributed by atoms with Crippen molar-refractivity contribution in [2.45, 2.75) is 61.9 Å². The van der Waals surface area contributed by atoms with Crippen LogP contribution in [0.3, 0.4) is 0 Å². The molecule has 2 fully saturated rings. The fourth-order valence-electron chi connectivity index (χ4n) is 4.03. The molecule has 1 saturated carbocycles. The molecule has 27 heavy (non-hydrogen) atoms. The molecule has 1 aromatic carbocycles. The van der Waals surface area contributed by atoms with E-state index in [0.717, 1.165) is 51.6 Å². The lowest BCUT2D eigenvalue weighted by molar-refractivity contribution is 0.0916. The van der Waals surface area contributed by atoms with Crippen molar-refractivity contribution in [3.63, 3.8) is 0 Å². The maximum atomic E-state index is 13.0.